The molecule has 0 saturated heterocycles. The van der Waals surface area contributed by atoms with Crippen molar-refractivity contribution in [3.05, 3.63) is 70.1 Å². The van der Waals surface area contributed by atoms with E-state index in [1.807, 2.05) is 18.2 Å². The first-order chi connectivity index (χ1) is 12.5. The summed E-state index contributed by atoms with van der Waals surface area (Å²) in [4.78, 5) is 2.43. The van der Waals surface area contributed by atoms with Crippen LogP contribution in [-0.2, 0) is 19.4 Å². The van der Waals surface area contributed by atoms with Gasteiger partial charge in [-0.05, 0) is 56.6 Å². The molecular formula is C22H24ClFN2. The minimum atomic E-state index is -0.177. The van der Waals surface area contributed by atoms with E-state index in [9.17, 15) is 4.39 Å². The predicted molar refractivity (Wildman–Crippen MR) is 106 cm³/mol. The van der Waals surface area contributed by atoms with Crippen LogP contribution < -0.4 is 0 Å². The Morgan fingerprint density at radius 3 is 2.69 bits per heavy atom. The van der Waals surface area contributed by atoms with Gasteiger partial charge in [-0.3, -0.25) is 4.90 Å². The number of nitrogens with zero attached hydrogens (tertiary/aromatic N) is 2. The minimum Gasteiger partial charge on any atom is -0.343 e. The summed E-state index contributed by atoms with van der Waals surface area (Å²) in [6, 6.07) is 13.9. The second-order valence-electron chi connectivity index (χ2n) is 7.42. The molecule has 0 saturated carbocycles. The second kappa shape index (κ2) is 6.71. The van der Waals surface area contributed by atoms with E-state index >= 15 is 0 Å². The van der Waals surface area contributed by atoms with Gasteiger partial charge in [0, 0.05) is 36.1 Å². The van der Waals surface area contributed by atoms with E-state index in [1.54, 1.807) is 12.1 Å². The zero-order valence-electron chi connectivity index (χ0n) is 15.5. The van der Waals surface area contributed by atoms with Crippen molar-refractivity contribution in [1.82, 2.24) is 9.47 Å². The molecule has 2 atom stereocenters. The number of para-hydroxylation sites is 1. The molecule has 0 fully saturated rings. The molecule has 2 heterocycles. The van der Waals surface area contributed by atoms with Crippen molar-refractivity contribution in [1.29, 1.82) is 0 Å². The molecule has 4 heteroatoms. The summed E-state index contributed by atoms with van der Waals surface area (Å²) in [5.74, 6) is -0.177. The fraction of sp³-hybridized carbons (Fsp3) is 0.364. The van der Waals surface area contributed by atoms with E-state index in [1.165, 1.54) is 22.7 Å². The number of likely N-dealkylation sites (N-methyl/N-ethyl adjacent to an activating group) is 1. The van der Waals surface area contributed by atoms with E-state index in [0.29, 0.717) is 12.1 Å². The van der Waals surface area contributed by atoms with Gasteiger partial charge in [-0.2, -0.15) is 0 Å². The summed E-state index contributed by atoms with van der Waals surface area (Å²) in [5.41, 5.74) is 4.90. The molecule has 26 heavy (non-hydrogen) atoms. The standard InChI is InChI=1S/C22H24ClFN2/c1-14-12-20-21(15(2)25(14)3)18-8-5-9-19(23)22(18)26(20)11-10-16-6-4-7-17(24)13-16/h4-9,13-15H,10-12H2,1-3H3. The highest BCUT2D eigenvalue weighted by Crippen LogP contribution is 2.41. The van der Waals surface area contributed by atoms with Crippen LogP contribution in [0.5, 0.6) is 0 Å². The number of rotatable bonds is 3. The van der Waals surface area contributed by atoms with E-state index in [-0.39, 0.29) is 5.82 Å². The maximum absolute atomic E-state index is 13.5. The molecule has 2 nitrogen and oxygen atoms in total. The summed E-state index contributed by atoms with van der Waals surface area (Å²) in [6.45, 7) is 5.35. The van der Waals surface area contributed by atoms with Gasteiger partial charge in [-0.1, -0.05) is 35.9 Å². The van der Waals surface area contributed by atoms with Crippen molar-refractivity contribution in [3.63, 3.8) is 0 Å². The number of hydrogen-bond donors (Lipinski definition) is 0. The lowest BCUT2D eigenvalue weighted by atomic mass is 9.93. The van der Waals surface area contributed by atoms with E-state index in [4.69, 9.17) is 11.6 Å². The fourth-order valence-electron chi connectivity index (χ4n) is 4.32. The molecule has 0 radical (unpaired) electrons. The molecule has 2 aromatic carbocycles. The Bertz CT molecular complexity index is 962. The van der Waals surface area contributed by atoms with Crippen molar-refractivity contribution < 1.29 is 4.39 Å². The Hall–Kier alpha value is -1.84. The molecule has 0 spiro atoms. The van der Waals surface area contributed by atoms with Crippen LogP contribution in [0.3, 0.4) is 0 Å². The lowest BCUT2D eigenvalue weighted by molar-refractivity contribution is 0.177. The van der Waals surface area contributed by atoms with Crippen LogP contribution in [0.2, 0.25) is 5.02 Å². The smallest absolute Gasteiger partial charge is 0.123 e. The highest BCUT2D eigenvalue weighted by Gasteiger charge is 2.32. The molecule has 0 N–H and O–H groups in total. The third-order valence-electron chi connectivity index (χ3n) is 5.91. The third kappa shape index (κ3) is 2.83. The fourth-order valence-corrected chi connectivity index (χ4v) is 4.59. The summed E-state index contributed by atoms with van der Waals surface area (Å²) in [5, 5.41) is 2.04. The lowest BCUT2D eigenvalue weighted by Gasteiger charge is -2.36. The van der Waals surface area contributed by atoms with Gasteiger partial charge in [0.15, 0.2) is 0 Å². The van der Waals surface area contributed by atoms with Gasteiger partial charge < -0.3 is 4.57 Å². The summed E-state index contributed by atoms with van der Waals surface area (Å²) >= 11 is 6.61. The van der Waals surface area contributed by atoms with Crippen molar-refractivity contribution in [2.45, 2.75) is 45.3 Å². The summed E-state index contributed by atoms with van der Waals surface area (Å²) in [7, 11) is 2.19. The maximum atomic E-state index is 13.5. The second-order valence-corrected chi connectivity index (χ2v) is 7.83. The molecule has 0 aliphatic carbocycles. The van der Waals surface area contributed by atoms with E-state index < -0.39 is 0 Å². The van der Waals surface area contributed by atoms with Crippen LogP contribution >= 0.6 is 11.6 Å². The van der Waals surface area contributed by atoms with Crippen molar-refractivity contribution in [2.24, 2.45) is 0 Å². The highest BCUT2D eigenvalue weighted by atomic mass is 35.5. The summed E-state index contributed by atoms with van der Waals surface area (Å²) < 4.78 is 15.9. The number of aromatic nitrogens is 1. The normalized spacial score (nSPS) is 20.5. The molecule has 0 bridgehead atoms. The molecule has 136 valence electrons. The Morgan fingerprint density at radius 1 is 1.15 bits per heavy atom. The Kier molecular flexibility index (Phi) is 4.54. The van der Waals surface area contributed by atoms with Crippen LogP contribution in [0.25, 0.3) is 10.9 Å². The first kappa shape index (κ1) is 17.6. The molecule has 1 aliphatic rings. The molecule has 1 aromatic heterocycles. The largest absolute Gasteiger partial charge is 0.343 e. The topological polar surface area (TPSA) is 8.17 Å². The SMILES string of the molecule is CC1Cc2c(c3cccc(Cl)c3n2CCc2cccc(F)c2)C(C)N1C. The third-order valence-corrected chi connectivity index (χ3v) is 6.21. The average molecular weight is 371 g/mol. The van der Waals surface area contributed by atoms with E-state index in [0.717, 1.165) is 35.5 Å². The van der Waals surface area contributed by atoms with Crippen LogP contribution in [-0.4, -0.2) is 22.6 Å². The van der Waals surface area contributed by atoms with Gasteiger partial charge in [0.05, 0.1) is 10.5 Å². The molecule has 3 aromatic rings. The Balaban J connectivity index is 1.82. The molecular weight excluding hydrogens is 347 g/mol. The number of benzene rings is 2. The summed E-state index contributed by atoms with van der Waals surface area (Å²) in [6.07, 6.45) is 1.79. The maximum Gasteiger partial charge on any atom is 0.123 e. The number of halogens is 2. The molecule has 1 aliphatic heterocycles. The van der Waals surface area contributed by atoms with Gasteiger partial charge in [0.2, 0.25) is 0 Å². The highest BCUT2D eigenvalue weighted by molar-refractivity contribution is 6.35. The Labute approximate surface area is 159 Å². The number of fused-ring (bicyclic) bond motifs is 3. The average Bonchev–Trinajstić information content (AvgIpc) is 2.93. The van der Waals surface area contributed by atoms with Gasteiger partial charge >= 0.3 is 0 Å². The quantitative estimate of drug-likeness (QED) is 0.581. The monoisotopic (exact) mass is 370 g/mol. The van der Waals surface area contributed by atoms with Crippen LogP contribution in [0.1, 0.15) is 36.7 Å². The van der Waals surface area contributed by atoms with Gasteiger partial charge in [0.25, 0.3) is 0 Å². The van der Waals surface area contributed by atoms with Crippen LogP contribution in [0.15, 0.2) is 42.5 Å². The Morgan fingerprint density at radius 2 is 1.92 bits per heavy atom. The molecule has 4 rings (SSSR count). The minimum absolute atomic E-state index is 0.177. The van der Waals surface area contributed by atoms with Crippen molar-refractivity contribution in [3.8, 4) is 0 Å². The van der Waals surface area contributed by atoms with Crippen molar-refractivity contribution in [2.75, 3.05) is 7.05 Å². The molecule has 2 unspecified atom stereocenters. The van der Waals surface area contributed by atoms with E-state index in [2.05, 4.69) is 36.4 Å². The molecule has 0 amide bonds. The lowest BCUT2D eigenvalue weighted by Crippen LogP contribution is -2.38. The first-order valence-corrected chi connectivity index (χ1v) is 9.61. The predicted octanol–water partition coefficient (Wildman–Crippen LogP) is 5.61. The van der Waals surface area contributed by atoms with Gasteiger partial charge in [-0.25, -0.2) is 4.39 Å². The van der Waals surface area contributed by atoms with Crippen molar-refractivity contribution >= 4 is 22.5 Å². The first-order valence-electron chi connectivity index (χ1n) is 9.23. The van der Waals surface area contributed by atoms with Crippen LogP contribution in [0, 0.1) is 5.82 Å². The number of aryl methyl sites for hydroxylation is 2. The van der Waals surface area contributed by atoms with Gasteiger partial charge in [-0.15, -0.1) is 0 Å². The zero-order chi connectivity index (χ0) is 18.4. The van der Waals surface area contributed by atoms with Crippen LogP contribution in [0.4, 0.5) is 4.39 Å². The zero-order valence-corrected chi connectivity index (χ0v) is 16.2. The number of hydrogen-bond acceptors (Lipinski definition) is 1. The van der Waals surface area contributed by atoms with Gasteiger partial charge in [0.1, 0.15) is 5.82 Å².